The third kappa shape index (κ3) is 3.51. The third-order valence-electron chi connectivity index (χ3n) is 3.21. The minimum atomic E-state index is -1.33. The van der Waals surface area contributed by atoms with Crippen LogP contribution >= 0.6 is 0 Å². The number of nitriles is 1. The summed E-state index contributed by atoms with van der Waals surface area (Å²) in [6.07, 6.45) is -2.52. The van der Waals surface area contributed by atoms with Gasteiger partial charge in [0.25, 0.3) is 0 Å². The van der Waals surface area contributed by atoms with E-state index in [0.717, 1.165) is 0 Å². The number of aliphatic hydroxyl groups is 4. The second kappa shape index (κ2) is 6.83. The molecule has 0 aromatic heterocycles. The van der Waals surface area contributed by atoms with Crippen molar-refractivity contribution in [3.63, 3.8) is 0 Å². The molecule has 0 saturated heterocycles. The fraction of sp³-hybridized carbons (Fsp3) is 0.750. The Bertz CT molecular complexity index is 336. The molecular weight excluding hydrogens is 238 g/mol. The average molecular weight is 257 g/mol. The smallest absolute Gasteiger partial charge is 0.109 e. The minimum Gasteiger partial charge on any atom is -0.396 e. The number of nitrogens with zero attached hydrogens (tertiary/aromatic N) is 1. The summed E-state index contributed by atoms with van der Waals surface area (Å²) in [6.45, 7) is 1.50. The van der Waals surface area contributed by atoms with Crippen LogP contribution in [0.5, 0.6) is 0 Å². The summed E-state index contributed by atoms with van der Waals surface area (Å²) in [7, 11) is 0. The molecule has 0 aromatic carbocycles. The van der Waals surface area contributed by atoms with Gasteiger partial charge in [0, 0.05) is 18.1 Å². The monoisotopic (exact) mass is 257 g/mol. The fourth-order valence-electron chi connectivity index (χ4n) is 1.97. The number of aliphatic hydroxyl groups excluding tert-OH is 4. The van der Waals surface area contributed by atoms with Gasteiger partial charge >= 0.3 is 0 Å². The first kappa shape index (κ1) is 15.1. The molecule has 0 amide bonds. The maximum absolute atomic E-state index is 9.74. The zero-order valence-corrected chi connectivity index (χ0v) is 10.2. The summed E-state index contributed by atoms with van der Waals surface area (Å²) in [5, 5.41) is 46.6. The lowest BCUT2D eigenvalue weighted by molar-refractivity contribution is -0.175. The molecule has 1 aliphatic rings. The number of allylic oxidation sites excluding steroid dienone is 1. The summed E-state index contributed by atoms with van der Waals surface area (Å²) < 4.78 is 5.36. The van der Waals surface area contributed by atoms with Gasteiger partial charge in [-0.25, -0.2) is 0 Å². The van der Waals surface area contributed by atoms with Crippen LogP contribution in [0, 0.1) is 17.2 Å². The van der Waals surface area contributed by atoms with Crippen molar-refractivity contribution in [3.05, 3.63) is 11.6 Å². The van der Waals surface area contributed by atoms with E-state index in [1.807, 2.05) is 6.07 Å². The van der Waals surface area contributed by atoms with Crippen LogP contribution < -0.4 is 0 Å². The van der Waals surface area contributed by atoms with E-state index in [1.54, 1.807) is 13.0 Å². The molecule has 0 unspecified atom stereocenters. The van der Waals surface area contributed by atoms with Gasteiger partial charge in [0.2, 0.25) is 0 Å². The molecule has 6 heteroatoms. The molecule has 0 radical (unpaired) electrons. The SMILES string of the molecule is C/C(C#N)=C/CO[C@@H]1C[C@H](CO)[C@@H](O)[C@H](O)[C@H]1O. The summed E-state index contributed by atoms with van der Waals surface area (Å²) in [4.78, 5) is 0. The van der Waals surface area contributed by atoms with E-state index in [9.17, 15) is 15.3 Å². The highest BCUT2D eigenvalue weighted by Crippen LogP contribution is 2.27. The maximum Gasteiger partial charge on any atom is 0.109 e. The highest BCUT2D eigenvalue weighted by Gasteiger charge is 2.42. The van der Waals surface area contributed by atoms with E-state index in [4.69, 9.17) is 15.1 Å². The Morgan fingerprint density at radius 2 is 2.00 bits per heavy atom. The molecule has 0 aliphatic heterocycles. The van der Waals surface area contributed by atoms with E-state index in [0.29, 0.717) is 5.57 Å². The number of rotatable bonds is 4. The molecule has 18 heavy (non-hydrogen) atoms. The number of ether oxygens (including phenoxy) is 1. The van der Waals surface area contributed by atoms with E-state index in [2.05, 4.69) is 0 Å². The van der Waals surface area contributed by atoms with Crippen molar-refractivity contribution in [2.75, 3.05) is 13.2 Å². The lowest BCUT2D eigenvalue weighted by Crippen LogP contribution is -2.55. The summed E-state index contributed by atoms with van der Waals surface area (Å²) in [5.74, 6) is -0.519. The van der Waals surface area contributed by atoms with Crippen molar-refractivity contribution in [3.8, 4) is 6.07 Å². The van der Waals surface area contributed by atoms with Crippen molar-refractivity contribution < 1.29 is 25.2 Å². The fourth-order valence-corrected chi connectivity index (χ4v) is 1.97. The summed E-state index contributed by atoms with van der Waals surface area (Å²) >= 11 is 0. The third-order valence-corrected chi connectivity index (χ3v) is 3.21. The van der Waals surface area contributed by atoms with Crippen LogP contribution in [0.1, 0.15) is 13.3 Å². The highest BCUT2D eigenvalue weighted by atomic mass is 16.5. The quantitative estimate of drug-likeness (QED) is 0.477. The van der Waals surface area contributed by atoms with Gasteiger partial charge < -0.3 is 25.2 Å². The molecule has 1 fully saturated rings. The van der Waals surface area contributed by atoms with Crippen LogP contribution in [0.3, 0.4) is 0 Å². The van der Waals surface area contributed by atoms with E-state index >= 15 is 0 Å². The van der Waals surface area contributed by atoms with E-state index in [1.165, 1.54) is 0 Å². The first-order chi connectivity index (χ1) is 8.51. The second-order valence-corrected chi connectivity index (χ2v) is 4.52. The van der Waals surface area contributed by atoms with Gasteiger partial charge in [-0.2, -0.15) is 5.26 Å². The van der Waals surface area contributed by atoms with Crippen LogP contribution in [0.2, 0.25) is 0 Å². The molecule has 0 bridgehead atoms. The molecule has 1 saturated carbocycles. The molecule has 1 aliphatic carbocycles. The Hall–Kier alpha value is -0.970. The van der Waals surface area contributed by atoms with E-state index in [-0.39, 0.29) is 19.6 Å². The number of hydrogen-bond acceptors (Lipinski definition) is 6. The van der Waals surface area contributed by atoms with Gasteiger partial charge in [0.1, 0.15) is 12.2 Å². The van der Waals surface area contributed by atoms with Crippen LogP contribution in [-0.4, -0.2) is 58.1 Å². The normalized spacial score (nSPS) is 37.3. The highest BCUT2D eigenvalue weighted by molar-refractivity contribution is 5.17. The minimum absolute atomic E-state index is 0.141. The maximum atomic E-state index is 9.74. The van der Waals surface area contributed by atoms with Gasteiger partial charge in [-0.05, 0) is 19.4 Å². The molecule has 0 heterocycles. The zero-order valence-electron chi connectivity index (χ0n) is 10.2. The van der Waals surface area contributed by atoms with Gasteiger partial charge in [0.15, 0.2) is 0 Å². The first-order valence-corrected chi connectivity index (χ1v) is 5.84. The van der Waals surface area contributed by atoms with Crippen molar-refractivity contribution in [1.29, 1.82) is 5.26 Å². The lowest BCUT2D eigenvalue weighted by Gasteiger charge is -2.39. The van der Waals surface area contributed by atoms with Crippen molar-refractivity contribution in [2.24, 2.45) is 5.92 Å². The van der Waals surface area contributed by atoms with Crippen LogP contribution in [0.15, 0.2) is 11.6 Å². The Kier molecular flexibility index (Phi) is 5.72. The van der Waals surface area contributed by atoms with Crippen LogP contribution in [-0.2, 0) is 4.74 Å². The van der Waals surface area contributed by atoms with Gasteiger partial charge in [-0.15, -0.1) is 0 Å². The Morgan fingerprint density at radius 1 is 1.33 bits per heavy atom. The molecule has 4 N–H and O–H groups in total. The zero-order chi connectivity index (χ0) is 13.7. The largest absolute Gasteiger partial charge is 0.396 e. The van der Waals surface area contributed by atoms with Crippen LogP contribution in [0.4, 0.5) is 0 Å². The van der Waals surface area contributed by atoms with Crippen molar-refractivity contribution in [2.45, 2.75) is 37.8 Å². The Balaban J connectivity index is 2.57. The predicted molar refractivity (Wildman–Crippen MR) is 62.3 cm³/mol. The lowest BCUT2D eigenvalue weighted by atomic mass is 9.81. The predicted octanol–water partition coefficient (Wildman–Crippen LogP) is -1.06. The average Bonchev–Trinajstić information content (AvgIpc) is 2.38. The molecular formula is C12H19NO5. The topological polar surface area (TPSA) is 114 Å². The Morgan fingerprint density at radius 3 is 2.56 bits per heavy atom. The summed E-state index contributed by atoms with van der Waals surface area (Å²) in [6, 6.07) is 1.94. The molecule has 102 valence electrons. The van der Waals surface area contributed by atoms with Crippen molar-refractivity contribution >= 4 is 0 Å². The molecule has 6 nitrogen and oxygen atoms in total. The van der Waals surface area contributed by atoms with Gasteiger partial charge in [-0.3, -0.25) is 0 Å². The standard InChI is InChI=1S/C12H19NO5/c1-7(5-13)2-3-18-9-4-8(6-14)10(15)12(17)11(9)16/h2,8-12,14-17H,3-4,6H2,1H3/b7-2-/t8-,9-,10-,11+,12+/m1/s1. The van der Waals surface area contributed by atoms with Gasteiger partial charge in [-0.1, -0.05) is 0 Å². The first-order valence-electron chi connectivity index (χ1n) is 5.84. The van der Waals surface area contributed by atoms with Gasteiger partial charge in [0.05, 0.1) is 24.9 Å². The number of hydrogen-bond donors (Lipinski definition) is 4. The second-order valence-electron chi connectivity index (χ2n) is 4.52. The molecule has 5 atom stereocenters. The van der Waals surface area contributed by atoms with Crippen molar-refractivity contribution in [1.82, 2.24) is 0 Å². The Labute approximate surface area is 106 Å². The molecule has 0 aromatic rings. The molecule has 1 rings (SSSR count). The molecule has 0 spiro atoms. The van der Waals surface area contributed by atoms with Crippen LogP contribution in [0.25, 0.3) is 0 Å². The van der Waals surface area contributed by atoms with E-state index < -0.39 is 30.3 Å². The summed E-state index contributed by atoms with van der Waals surface area (Å²) in [5.41, 5.74) is 0.500.